The van der Waals surface area contributed by atoms with Crippen molar-refractivity contribution in [1.82, 2.24) is 10.3 Å². The van der Waals surface area contributed by atoms with Gasteiger partial charge in [0.2, 0.25) is 0 Å². The van der Waals surface area contributed by atoms with Gasteiger partial charge < -0.3 is 5.32 Å². The van der Waals surface area contributed by atoms with Crippen LogP contribution in [0.15, 0.2) is 30.6 Å². The minimum absolute atomic E-state index is 1.02. The standard InChI is InChI=1S/C10H14N2/c1-11-7-3-2-5-10-6-4-8-12-9-10/h2,4-6,8-9,11H,3,7H2,1H3/b5-2+/i1-1. The highest BCUT2D eigenvalue weighted by Gasteiger charge is 1.82. The monoisotopic (exact) mass is 161 g/mol. The number of hydrogen-bond acceptors (Lipinski definition) is 2. The highest BCUT2D eigenvalue weighted by Crippen LogP contribution is 1.98. The summed E-state index contributed by atoms with van der Waals surface area (Å²) in [4.78, 5) is 4.02. The van der Waals surface area contributed by atoms with Crippen LogP contribution in [0, 0.1) is 0 Å². The summed E-state index contributed by atoms with van der Waals surface area (Å²) in [6, 6.07) is 3.99. The minimum Gasteiger partial charge on any atom is -0.319 e. The summed E-state index contributed by atoms with van der Waals surface area (Å²) in [5, 5.41) is 3.09. The molecule has 2 heteroatoms. The summed E-state index contributed by atoms with van der Waals surface area (Å²) in [6.45, 7) is 1.02. The normalized spacial score (nSPS) is 10.8. The van der Waals surface area contributed by atoms with Crippen LogP contribution in [0.1, 0.15) is 12.0 Å². The molecule has 0 saturated carbocycles. The number of nitrogens with one attached hydrogen (secondary N) is 1. The van der Waals surface area contributed by atoms with E-state index >= 15 is 0 Å². The van der Waals surface area contributed by atoms with Gasteiger partial charge in [0, 0.05) is 12.4 Å². The third kappa shape index (κ3) is 3.30. The lowest BCUT2D eigenvalue weighted by Crippen LogP contribution is -2.05. The van der Waals surface area contributed by atoms with Gasteiger partial charge in [-0.1, -0.05) is 18.2 Å². The molecule has 0 spiro atoms. The Morgan fingerprint density at radius 2 is 2.50 bits per heavy atom. The van der Waals surface area contributed by atoms with E-state index in [0.29, 0.717) is 0 Å². The zero-order valence-electron chi connectivity index (χ0n) is 7.33. The van der Waals surface area contributed by atoms with E-state index in [4.69, 9.17) is 0 Å². The smallest absolute Gasteiger partial charge is 0.0340 e. The molecule has 0 aliphatic carbocycles. The van der Waals surface area contributed by atoms with Crippen molar-refractivity contribution in [3.05, 3.63) is 36.2 Å². The number of rotatable bonds is 4. The second-order valence-electron chi connectivity index (χ2n) is 2.58. The van der Waals surface area contributed by atoms with E-state index in [9.17, 15) is 0 Å². The van der Waals surface area contributed by atoms with Crippen LogP contribution < -0.4 is 5.32 Å². The number of hydrogen-bond donors (Lipinski definition) is 1. The molecule has 0 amide bonds. The van der Waals surface area contributed by atoms with E-state index in [1.54, 1.807) is 6.20 Å². The number of aromatic nitrogens is 1. The zero-order chi connectivity index (χ0) is 8.65. The molecule has 0 unspecified atom stereocenters. The second-order valence-corrected chi connectivity index (χ2v) is 2.58. The first-order chi connectivity index (χ1) is 5.93. The molecule has 1 aromatic rings. The quantitative estimate of drug-likeness (QED) is 0.680. The van der Waals surface area contributed by atoms with Gasteiger partial charge >= 0.3 is 0 Å². The van der Waals surface area contributed by atoms with Crippen LogP contribution in [0.3, 0.4) is 0 Å². The number of nitrogens with zero attached hydrogens (tertiary/aromatic N) is 1. The van der Waals surface area contributed by atoms with Crippen LogP contribution in [0.4, 0.5) is 0 Å². The predicted molar refractivity (Wildman–Crippen MR) is 51.8 cm³/mol. The van der Waals surface area contributed by atoms with Crippen molar-refractivity contribution in [2.45, 2.75) is 6.42 Å². The molecular formula is C10H14N2. The molecule has 0 bridgehead atoms. The molecule has 64 valence electrons. The lowest BCUT2D eigenvalue weighted by molar-refractivity contribution is 0.809. The third-order valence-corrected chi connectivity index (χ3v) is 1.56. The van der Waals surface area contributed by atoms with E-state index < -0.39 is 0 Å². The predicted octanol–water partition coefficient (Wildman–Crippen LogP) is 1.70. The molecule has 0 saturated heterocycles. The molecule has 2 nitrogen and oxygen atoms in total. The van der Waals surface area contributed by atoms with Crippen LogP contribution in [-0.4, -0.2) is 18.6 Å². The average molecular weight is 161 g/mol. The first-order valence-corrected chi connectivity index (χ1v) is 4.14. The van der Waals surface area contributed by atoms with Crippen molar-refractivity contribution in [3.63, 3.8) is 0 Å². The van der Waals surface area contributed by atoms with Crippen LogP contribution in [0.5, 0.6) is 0 Å². The maximum Gasteiger partial charge on any atom is 0.0340 e. The molecule has 0 radical (unpaired) electrons. The highest BCUT2D eigenvalue weighted by molar-refractivity contribution is 5.47. The largest absolute Gasteiger partial charge is 0.319 e. The summed E-state index contributed by atoms with van der Waals surface area (Å²) >= 11 is 0. The van der Waals surface area contributed by atoms with Crippen molar-refractivity contribution in [1.29, 1.82) is 0 Å². The molecule has 0 fully saturated rings. The first-order valence-electron chi connectivity index (χ1n) is 4.14. The second kappa shape index (κ2) is 5.49. The summed E-state index contributed by atoms with van der Waals surface area (Å²) < 4.78 is 0. The third-order valence-electron chi connectivity index (χ3n) is 1.56. The van der Waals surface area contributed by atoms with Gasteiger partial charge in [0.25, 0.3) is 0 Å². The summed E-state index contributed by atoms with van der Waals surface area (Å²) in [5.41, 5.74) is 1.16. The summed E-state index contributed by atoms with van der Waals surface area (Å²) in [7, 11) is 1.96. The molecule has 1 rings (SSSR count). The van der Waals surface area contributed by atoms with Crippen molar-refractivity contribution >= 4 is 6.08 Å². The molecule has 0 atom stereocenters. The van der Waals surface area contributed by atoms with Gasteiger partial charge in [0.05, 0.1) is 0 Å². The molecule has 1 aromatic heterocycles. The lowest BCUT2D eigenvalue weighted by atomic mass is 10.2. The van der Waals surface area contributed by atoms with Gasteiger partial charge in [0.15, 0.2) is 0 Å². The molecule has 1 heterocycles. The van der Waals surface area contributed by atoms with Gasteiger partial charge in [-0.25, -0.2) is 0 Å². The highest BCUT2D eigenvalue weighted by atomic mass is 14.7. The lowest BCUT2D eigenvalue weighted by Gasteiger charge is -1.92. The van der Waals surface area contributed by atoms with Crippen LogP contribution >= 0.6 is 0 Å². The van der Waals surface area contributed by atoms with Gasteiger partial charge in [0.1, 0.15) is 0 Å². The van der Waals surface area contributed by atoms with E-state index in [1.807, 2.05) is 25.4 Å². The molecule has 0 aromatic carbocycles. The van der Waals surface area contributed by atoms with Gasteiger partial charge in [-0.2, -0.15) is 0 Å². The van der Waals surface area contributed by atoms with Crippen molar-refractivity contribution in [3.8, 4) is 0 Å². The maximum atomic E-state index is 4.02. The average Bonchev–Trinajstić information content (AvgIpc) is 2.14. The maximum absolute atomic E-state index is 4.02. The molecule has 12 heavy (non-hydrogen) atoms. The Hall–Kier alpha value is -1.15. The van der Waals surface area contributed by atoms with Crippen LogP contribution in [0.25, 0.3) is 6.08 Å². The van der Waals surface area contributed by atoms with Crippen molar-refractivity contribution in [2.24, 2.45) is 0 Å². The van der Waals surface area contributed by atoms with Gasteiger partial charge in [-0.05, 0) is 31.6 Å². The minimum atomic E-state index is 1.02. The molecule has 1 N–H and O–H groups in total. The van der Waals surface area contributed by atoms with Crippen LogP contribution in [0.2, 0.25) is 0 Å². The zero-order valence-corrected chi connectivity index (χ0v) is 7.33. The fourth-order valence-corrected chi connectivity index (χ4v) is 0.922. The Balaban J connectivity index is 2.36. The Labute approximate surface area is 73.3 Å². The first kappa shape index (κ1) is 8.94. The van der Waals surface area contributed by atoms with Crippen molar-refractivity contribution < 1.29 is 0 Å². The molecular weight excluding hydrogens is 147 g/mol. The summed E-state index contributed by atoms with van der Waals surface area (Å²) in [6.07, 6.45) is 8.93. The van der Waals surface area contributed by atoms with E-state index in [-0.39, 0.29) is 0 Å². The fourth-order valence-electron chi connectivity index (χ4n) is 0.922. The fraction of sp³-hybridized carbons (Fsp3) is 0.300. The van der Waals surface area contributed by atoms with E-state index in [2.05, 4.69) is 22.5 Å². The van der Waals surface area contributed by atoms with Gasteiger partial charge in [-0.3, -0.25) is 4.98 Å². The topological polar surface area (TPSA) is 24.9 Å². The Bertz CT molecular complexity index is 229. The van der Waals surface area contributed by atoms with E-state index in [0.717, 1.165) is 18.5 Å². The van der Waals surface area contributed by atoms with Crippen LogP contribution in [-0.2, 0) is 0 Å². The Morgan fingerprint density at radius 1 is 1.58 bits per heavy atom. The SMILES string of the molecule is [11CH3]NCC/C=C/c1cccnc1. The van der Waals surface area contributed by atoms with Crippen molar-refractivity contribution in [2.75, 3.05) is 13.6 Å². The van der Waals surface area contributed by atoms with E-state index in [1.165, 1.54) is 0 Å². The molecule has 0 aliphatic heterocycles. The van der Waals surface area contributed by atoms with Gasteiger partial charge in [-0.15, -0.1) is 0 Å². The summed E-state index contributed by atoms with van der Waals surface area (Å²) in [5.74, 6) is 0. The molecule has 0 aliphatic rings. The Morgan fingerprint density at radius 3 is 3.17 bits per heavy atom. The number of pyridine rings is 1. The Kier molecular flexibility index (Phi) is 4.09.